The first-order chi connectivity index (χ1) is 6.68. The number of hydrogen-bond acceptors (Lipinski definition) is 2. The summed E-state index contributed by atoms with van der Waals surface area (Å²) in [6, 6.07) is 8.06. The molecular weight excluding hydrogens is 176 g/mol. The van der Waals surface area contributed by atoms with Crippen molar-refractivity contribution in [2.75, 3.05) is 0 Å². The second kappa shape index (κ2) is 2.39. The van der Waals surface area contributed by atoms with Crippen molar-refractivity contribution >= 4 is 11.0 Å². The molecule has 2 aromatic rings. The molecule has 2 heterocycles. The van der Waals surface area contributed by atoms with Gasteiger partial charge in [-0.05, 0) is 19.9 Å². The van der Waals surface area contributed by atoms with Crippen LogP contribution < -0.4 is 0 Å². The van der Waals surface area contributed by atoms with Crippen LogP contribution in [0.5, 0.6) is 0 Å². The molecule has 0 spiro atoms. The fourth-order valence-electron chi connectivity index (χ4n) is 1.91. The second-order valence-corrected chi connectivity index (χ2v) is 4.29. The summed E-state index contributed by atoms with van der Waals surface area (Å²) in [5.41, 5.74) is 2.09. The molecule has 1 atom stereocenters. The maximum Gasteiger partial charge on any atom is 0.134 e. The minimum absolute atomic E-state index is 0.0212. The number of fused-ring (bicyclic) bond motifs is 1. The molecule has 1 aromatic carbocycles. The number of hydrogen-bond donors (Lipinski definition) is 0. The SMILES string of the molecule is CC1(C)OC1c1coc2ccccc12. The molecule has 0 N–H and O–H groups in total. The van der Waals surface area contributed by atoms with E-state index in [-0.39, 0.29) is 11.7 Å². The third kappa shape index (κ3) is 1.01. The van der Waals surface area contributed by atoms with E-state index in [1.807, 2.05) is 24.5 Å². The molecule has 0 radical (unpaired) electrons. The fraction of sp³-hybridized carbons (Fsp3) is 0.333. The van der Waals surface area contributed by atoms with Crippen LogP contribution >= 0.6 is 0 Å². The Bertz CT molecular complexity index is 482. The molecule has 1 aliphatic rings. The minimum Gasteiger partial charge on any atom is -0.464 e. The van der Waals surface area contributed by atoms with Gasteiger partial charge in [0.25, 0.3) is 0 Å². The standard InChI is InChI=1S/C12H12O2/c1-12(2)11(14-12)9-7-13-10-6-4-3-5-8(9)10/h3-7,11H,1-2H3. The Morgan fingerprint density at radius 1 is 1.21 bits per heavy atom. The quantitative estimate of drug-likeness (QED) is 0.642. The lowest BCUT2D eigenvalue weighted by atomic mass is 10.0. The largest absolute Gasteiger partial charge is 0.464 e. The summed E-state index contributed by atoms with van der Waals surface area (Å²) in [6.45, 7) is 4.19. The van der Waals surface area contributed by atoms with Crippen LogP contribution in [-0.2, 0) is 4.74 Å². The van der Waals surface area contributed by atoms with Crippen molar-refractivity contribution in [1.82, 2.24) is 0 Å². The first kappa shape index (κ1) is 8.06. The molecule has 2 heteroatoms. The Morgan fingerprint density at radius 3 is 2.64 bits per heavy atom. The van der Waals surface area contributed by atoms with E-state index < -0.39 is 0 Å². The van der Waals surface area contributed by atoms with Gasteiger partial charge >= 0.3 is 0 Å². The lowest BCUT2D eigenvalue weighted by Gasteiger charge is -1.93. The van der Waals surface area contributed by atoms with E-state index in [2.05, 4.69) is 19.9 Å². The van der Waals surface area contributed by atoms with Crippen molar-refractivity contribution in [2.45, 2.75) is 25.6 Å². The van der Waals surface area contributed by atoms with Crippen molar-refractivity contribution in [3.05, 3.63) is 36.1 Å². The number of para-hydroxylation sites is 1. The summed E-state index contributed by atoms with van der Waals surface area (Å²) >= 11 is 0. The zero-order chi connectivity index (χ0) is 9.76. The van der Waals surface area contributed by atoms with Crippen LogP contribution in [0.25, 0.3) is 11.0 Å². The lowest BCUT2D eigenvalue weighted by molar-refractivity contribution is 0.325. The monoisotopic (exact) mass is 188 g/mol. The highest BCUT2D eigenvalue weighted by Crippen LogP contribution is 2.50. The Morgan fingerprint density at radius 2 is 1.93 bits per heavy atom. The minimum atomic E-state index is -0.0212. The van der Waals surface area contributed by atoms with E-state index in [0.717, 1.165) is 5.58 Å². The summed E-state index contributed by atoms with van der Waals surface area (Å²) in [4.78, 5) is 0. The van der Waals surface area contributed by atoms with Crippen molar-refractivity contribution in [1.29, 1.82) is 0 Å². The van der Waals surface area contributed by atoms with Gasteiger partial charge in [-0.2, -0.15) is 0 Å². The van der Waals surface area contributed by atoms with Gasteiger partial charge < -0.3 is 9.15 Å². The maximum atomic E-state index is 5.60. The highest BCUT2D eigenvalue weighted by Gasteiger charge is 2.50. The van der Waals surface area contributed by atoms with Gasteiger partial charge in [0.2, 0.25) is 0 Å². The van der Waals surface area contributed by atoms with Gasteiger partial charge in [-0.25, -0.2) is 0 Å². The first-order valence-corrected chi connectivity index (χ1v) is 4.82. The number of furan rings is 1. The predicted molar refractivity (Wildman–Crippen MR) is 54.1 cm³/mol. The fourth-order valence-corrected chi connectivity index (χ4v) is 1.91. The van der Waals surface area contributed by atoms with Crippen LogP contribution in [0.2, 0.25) is 0 Å². The van der Waals surface area contributed by atoms with Crippen LogP contribution in [0, 0.1) is 0 Å². The molecule has 1 aliphatic heterocycles. The Labute approximate surface area is 82.5 Å². The average Bonchev–Trinajstić information content (AvgIpc) is 2.63. The van der Waals surface area contributed by atoms with Gasteiger partial charge in [0, 0.05) is 10.9 Å². The Kier molecular flexibility index (Phi) is 1.38. The highest BCUT2D eigenvalue weighted by atomic mass is 16.6. The van der Waals surface area contributed by atoms with Gasteiger partial charge in [-0.1, -0.05) is 18.2 Å². The zero-order valence-corrected chi connectivity index (χ0v) is 8.28. The predicted octanol–water partition coefficient (Wildman–Crippen LogP) is 3.28. The molecule has 0 bridgehead atoms. The number of epoxide rings is 1. The molecule has 1 aromatic heterocycles. The average molecular weight is 188 g/mol. The molecular formula is C12H12O2. The summed E-state index contributed by atoms with van der Waals surface area (Å²) in [6.07, 6.45) is 2.01. The smallest absolute Gasteiger partial charge is 0.134 e. The molecule has 1 saturated heterocycles. The third-order valence-electron chi connectivity index (χ3n) is 2.79. The summed E-state index contributed by atoms with van der Waals surface area (Å²) in [5, 5.41) is 1.17. The summed E-state index contributed by atoms with van der Waals surface area (Å²) in [5.74, 6) is 0. The van der Waals surface area contributed by atoms with Gasteiger partial charge in [0.1, 0.15) is 11.7 Å². The molecule has 0 aliphatic carbocycles. The number of benzene rings is 1. The lowest BCUT2D eigenvalue weighted by Crippen LogP contribution is -1.96. The van der Waals surface area contributed by atoms with Crippen LogP contribution in [0.4, 0.5) is 0 Å². The van der Waals surface area contributed by atoms with Gasteiger partial charge in [0.05, 0.1) is 11.9 Å². The van der Waals surface area contributed by atoms with Gasteiger partial charge in [-0.15, -0.1) is 0 Å². The molecule has 3 rings (SSSR count). The maximum absolute atomic E-state index is 5.60. The second-order valence-electron chi connectivity index (χ2n) is 4.29. The van der Waals surface area contributed by atoms with Crippen LogP contribution in [-0.4, -0.2) is 5.60 Å². The summed E-state index contributed by atoms with van der Waals surface area (Å²) in [7, 11) is 0. The highest BCUT2D eigenvalue weighted by molar-refractivity contribution is 5.81. The summed E-state index contributed by atoms with van der Waals surface area (Å²) < 4.78 is 11.1. The third-order valence-corrected chi connectivity index (χ3v) is 2.79. The van der Waals surface area contributed by atoms with E-state index in [0.29, 0.717) is 0 Å². The molecule has 0 saturated carbocycles. The van der Waals surface area contributed by atoms with Crippen LogP contribution in [0.3, 0.4) is 0 Å². The molecule has 1 fully saturated rings. The van der Waals surface area contributed by atoms with Crippen molar-refractivity contribution in [3.8, 4) is 0 Å². The van der Waals surface area contributed by atoms with E-state index in [1.54, 1.807) is 0 Å². The van der Waals surface area contributed by atoms with Gasteiger partial charge in [-0.3, -0.25) is 0 Å². The van der Waals surface area contributed by atoms with E-state index in [1.165, 1.54) is 10.9 Å². The number of rotatable bonds is 1. The topological polar surface area (TPSA) is 25.7 Å². The molecule has 1 unspecified atom stereocenters. The molecule has 0 amide bonds. The van der Waals surface area contributed by atoms with E-state index in [4.69, 9.17) is 9.15 Å². The van der Waals surface area contributed by atoms with Crippen molar-refractivity contribution in [3.63, 3.8) is 0 Å². The molecule has 72 valence electrons. The first-order valence-electron chi connectivity index (χ1n) is 4.82. The Hall–Kier alpha value is -1.28. The van der Waals surface area contributed by atoms with Crippen LogP contribution in [0.1, 0.15) is 25.5 Å². The van der Waals surface area contributed by atoms with Crippen molar-refractivity contribution in [2.24, 2.45) is 0 Å². The number of ether oxygens (including phenoxy) is 1. The normalized spacial score (nSPS) is 24.0. The zero-order valence-electron chi connectivity index (χ0n) is 8.28. The van der Waals surface area contributed by atoms with E-state index >= 15 is 0 Å². The van der Waals surface area contributed by atoms with Crippen molar-refractivity contribution < 1.29 is 9.15 Å². The van der Waals surface area contributed by atoms with Crippen LogP contribution in [0.15, 0.2) is 34.9 Å². The van der Waals surface area contributed by atoms with E-state index in [9.17, 15) is 0 Å². The molecule has 2 nitrogen and oxygen atoms in total. The van der Waals surface area contributed by atoms with Gasteiger partial charge in [0.15, 0.2) is 0 Å². The Balaban J connectivity index is 2.15. The molecule has 14 heavy (non-hydrogen) atoms.